The Morgan fingerprint density at radius 3 is 3.00 bits per heavy atom. The molecule has 1 fully saturated rings. The van der Waals surface area contributed by atoms with E-state index in [-0.39, 0.29) is 0 Å². The van der Waals surface area contributed by atoms with Gasteiger partial charge < -0.3 is 10.0 Å². The first kappa shape index (κ1) is 13.8. The zero-order valence-electron chi connectivity index (χ0n) is 10.2. The van der Waals surface area contributed by atoms with Crippen LogP contribution in [-0.4, -0.2) is 47.1 Å². The van der Waals surface area contributed by atoms with Crippen LogP contribution in [0.25, 0.3) is 0 Å². The van der Waals surface area contributed by atoms with E-state index in [1.54, 1.807) is 0 Å². The summed E-state index contributed by atoms with van der Waals surface area (Å²) in [5, 5.41) is 8.72. The van der Waals surface area contributed by atoms with E-state index >= 15 is 0 Å². The monoisotopic (exact) mass is 245 g/mol. The molecular formula is C12H23NO2S. The van der Waals surface area contributed by atoms with Gasteiger partial charge in [0.15, 0.2) is 0 Å². The number of rotatable bonds is 7. The average Bonchev–Trinajstić information content (AvgIpc) is 2.28. The maximum Gasteiger partial charge on any atom is 0.303 e. The van der Waals surface area contributed by atoms with Gasteiger partial charge in [0.1, 0.15) is 0 Å². The van der Waals surface area contributed by atoms with Gasteiger partial charge in [-0.05, 0) is 50.8 Å². The summed E-state index contributed by atoms with van der Waals surface area (Å²) in [6.45, 7) is 2.31. The molecule has 1 N–H and O–H groups in total. The zero-order valence-corrected chi connectivity index (χ0v) is 11.0. The molecule has 0 amide bonds. The number of nitrogens with zero attached hydrogens (tertiary/aromatic N) is 1. The zero-order chi connectivity index (χ0) is 11.8. The Balaban J connectivity index is 2.28. The summed E-state index contributed by atoms with van der Waals surface area (Å²) < 4.78 is 0. The van der Waals surface area contributed by atoms with E-state index in [0.717, 1.165) is 13.0 Å². The van der Waals surface area contributed by atoms with Crippen LogP contribution in [0, 0.1) is 0 Å². The minimum Gasteiger partial charge on any atom is -0.481 e. The van der Waals surface area contributed by atoms with Gasteiger partial charge in [0, 0.05) is 12.5 Å². The molecule has 0 spiro atoms. The van der Waals surface area contributed by atoms with E-state index in [1.165, 1.54) is 38.0 Å². The first-order valence-corrected chi connectivity index (χ1v) is 7.58. The van der Waals surface area contributed by atoms with Crippen molar-refractivity contribution in [1.82, 2.24) is 4.90 Å². The van der Waals surface area contributed by atoms with Crippen molar-refractivity contribution in [2.75, 3.05) is 25.1 Å². The van der Waals surface area contributed by atoms with Crippen LogP contribution >= 0.6 is 11.8 Å². The molecule has 1 atom stereocenters. The van der Waals surface area contributed by atoms with E-state index in [9.17, 15) is 4.79 Å². The molecule has 3 nitrogen and oxygen atoms in total. The van der Waals surface area contributed by atoms with Crippen LogP contribution in [0.1, 0.15) is 38.5 Å². The molecule has 0 aromatic rings. The van der Waals surface area contributed by atoms with Crippen molar-refractivity contribution < 1.29 is 9.90 Å². The third-order valence-corrected chi connectivity index (χ3v) is 3.93. The molecule has 4 heteroatoms. The van der Waals surface area contributed by atoms with Crippen molar-refractivity contribution in [3.63, 3.8) is 0 Å². The molecule has 94 valence electrons. The van der Waals surface area contributed by atoms with Crippen molar-refractivity contribution in [2.45, 2.75) is 44.6 Å². The third-order valence-electron chi connectivity index (χ3n) is 3.23. The summed E-state index contributed by atoms with van der Waals surface area (Å²) in [6.07, 6.45) is 8.25. The topological polar surface area (TPSA) is 40.5 Å². The van der Waals surface area contributed by atoms with Gasteiger partial charge in [0.2, 0.25) is 0 Å². The summed E-state index contributed by atoms with van der Waals surface area (Å²) >= 11 is 1.89. The van der Waals surface area contributed by atoms with Gasteiger partial charge in [-0.3, -0.25) is 4.79 Å². The molecule has 16 heavy (non-hydrogen) atoms. The van der Waals surface area contributed by atoms with Crippen molar-refractivity contribution >= 4 is 17.7 Å². The van der Waals surface area contributed by atoms with Gasteiger partial charge in [-0.25, -0.2) is 0 Å². The number of thioether (sulfide) groups is 1. The predicted molar refractivity (Wildman–Crippen MR) is 69.1 cm³/mol. The smallest absolute Gasteiger partial charge is 0.303 e. The van der Waals surface area contributed by atoms with Gasteiger partial charge in [0.25, 0.3) is 0 Å². The third kappa shape index (κ3) is 5.21. The number of hydrogen-bond donors (Lipinski definition) is 1. The lowest BCUT2D eigenvalue weighted by Crippen LogP contribution is -2.40. The van der Waals surface area contributed by atoms with Gasteiger partial charge in [-0.1, -0.05) is 6.42 Å². The van der Waals surface area contributed by atoms with Crippen LogP contribution in [0.4, 0.5) is 0 Å². The Bertz CT molecular complexity index is 211. The van der Waals surface area contributed by atoms with Gasteiger partial charge in [-0.15, -0.1) is 0 Å². The number of carboxylic acids is 1. The van der Waals surface area contributed by atoms with E-state index in [0.29, 0.717) is 12.5 Å². The van der Waals surface area contributed by atoms with E-state index < -0.39 is 5.97 Å². The Morgan fingerprint density at radius 1 is 1.50 bits per heavy atom. The maximum absolute atomic E-state index is 10.6. The van der Waals surface area contributed by atoms with Crippen LogP contribution in [-0.2, 0) is 4.79 Å². The minimum absolute atomic E-state index is 0.323. The molecule has 1 unspecified atom stereocenters. The molecule has 1 heterocycles. The molecule has 0 radical (unpaired) electrons. The predicted octanol–water partition coefficient (Wildman–Crippen LogP) is 2.46. The van der Waals surface area contributed by atoms with Crippen molar-refractivity contribution in [3.8, 4) is 0 Å². The number of carboxylic acid groups (broad SMARTS) is 1. The Hall–Kier alpha value is -0.220. The summed E-state index contributed by atoms with van der Waals surface area (Å²) in [4.78, 5) is 13.1. The number of aliphatic carboxylic acids is 1. The average molecular weight is 245 g/mol. The Kier molecular flexibility index (Phi) is 6.88. The molecule has 1 aliphatic heterocycles. The number of likely N-dealkylation sites (tertiary alicyclic amines) is 1. The van der Waals surface area contributed by atoms with Crippen LogP contribution < -0.4 is 0 Å². The van der Waals surface area contributed by atoms with Gasteiger partial charge in [-0.2, -0.15) is 11.8 Å². The van der Waals surface area contributed by atoms with Crippen molar-refractivity contribution in [3.05, 3.63) is 0 Å². The highest BCUT2D eigenvalue weighted by Gasteiger charge is 2.22. The van der Waals surface area contributed by atoms with Gasteiger partial charge in [0.05, 0.1) is 0 Å². The summed E-state index contributed by atoms with van der Waals surface area (Å²) in [5.74, 6) is 0.553. The van der Waals surface area contributed by atoms with Gasteiger partial charge >= 0.3 is 5.97 Å². The fourth-order valence-electron chi connectivity index (χ4n) is 2.38. The number of hydrogen-bond acceptors (Lipinski definition) is 3. The fraction of sp³-hybridized carbons (Fsp3) is 0.917. The second kappa shape index (κ2) is 7.96. The highest BCUT2D eigenvalue weighted by Crippen LogP contribution is 2.21. The quantitative estimate of drug-likeness (QED) is 0.700. The van der Waals surface area contributed by atoms with Crippen molar-refractivity contribution in [1.29, 1.82) is 0 Å². The number of carbonyl (C=O) groups is 1. The molecule has 0 saturated carbocycles. The molecule has 1 rings (SSSR count). The molecule has 1 aliphatic rings. The summed E-state index contributed by atoms with van der Waals surface area (Å²) in [6, 6.07) is 0.520. The highest BCUT2D eigenvalue weighted by atomic mass is 32.2. The van der Waals surface area contributed by atoms with Crippen LogP contribution in [0.2, 0.25) is 0 Å². The molecule has 0 aromatic heterocycles. The lowest BCUT2D eigenvalue weighted by atomic mass is 9.98. The summed E-state index contributed by atoms with van der Waals surface area (Å²) in [5.41, 5.74) is 0. The Labute approximate surface area is 103 Å². The van der Waals surface area contributed by atoms with E-state index in [4.69, 9.17) is 5.11 Å². The van der Waals surface area contributed by atoms with E-state index in [2.05, 4.69) is 11.2 Å². The molecular weight excluding hydrogens is 222 g/mol. The number of piperidine rings is 1. The minimum atomic E-state index is -0.658. The maximum atomic E-state index is 10.6. The second-order valence-electron chi connectivity index (χ2n) is 4.46. The molecule has 1 saturated heterocycles. The first-order chi connectivity index (χ1) is 7.74. The standard InChI is InChI=1S/C12H23NO2S/c1-16-10-4-9-13-8-3-2-5-11(13)6-7-12(14)15/h11H,2-10H2,1H3,(H,14,15). The Morgan fingerprint density at radius 2 is 2.31 bits per heavy atom. The summed E-state index contributed by atoms with van der Waals surface area (Å²) in [7, 11) is 0. The van der Waals surface area contributed by atoms with Crippen molar-refractivity contribution in [2.24, 2.45) is 0 Å². The molecule has 0 aliphatic carbocycles. The lowest BCUT2D eigenvalue weighted by molar-refractivity contribution is -0.137. The second-order valence-corrected chi connectivity index (χ2v) is 5.45. The highest BCUT2D eigenvalue weighted by molar-refractivity contribution is 7.98. The van der Waals surface area contributed by atoms with Crippen LogP contribution in [0.3, 0.4) is 0 Å². The van der Waals surface area contributed by atoms with Crippen LogP contribution in [0.5, 0.6) is 0 Å². The van der Waals surface area contributed by atoms with Crippen LogP contribution in [0.15, 0.2) is 0 Å². The molecule has 0 aromatic carbocycles. The fourth-order valence-corrected chi connectivity index (χ4v) is 2.80. The molecule has 0 bridgehead atoms. The lowest BCUT2D eigenvalue weighted by Gasteiger charge is -2.35. The SMILES string of the molecule is CSCCCN1CCCCC1CCC(=O)O. The first-order valence-electron chi connectivity index (χ1n) is 6.19. The normalized spacial score (nSPS) is 22.2. The largest absolute Gasteiger partial charge is 0.481 e. The van der Waals surface area contributed by atoms with E-state index in [1.807, 2.05) is 11.8 Å².